The summed E-state index contributed by atoms with van der Waals surface area (Å²) in [6.45, 7) is 4.55. The van der Waals surface area contributed by atoms with Gasteiger partial charge in [0.1, 0.15) is 12.9 Å². The number of amides is 1. The van der Waals surface area contributed by atoms with Gasteiger partial charge >= 0.3 is 0 Å². The second-order valence-corrected chi connectivity index (χ2v) is 6.07. The molecule has 122 valence electrons. The minimum absolute atomic E-state index is 0.111. The molecule has 2 aromatic rings. The molecule has 0 unspecified atom stereocenters. The maximum atomic E-state index is 11.9. The number of nitrogens with one attached hydrogen (secondary N) is 1. The Hall–Kier alpha value is -2.28. The molecule has 1 aromatic carbocycles. The number of hydrogen-bond acceptors (Lipinski definition) is 5. The van der Waals surface area contributed by atoms with Crippen LogP contribution in [0.2, 0.25) is 0 Å². The number of rotatable bonds is 5. The molecule has 3 rings (SSSR count). The van der Waals surface area contributed by atoms with Crippen LogP contribution in [0.5, 0.6) is 0 Å². The van der Waals surface area contributed by atoms with Gasteiger partial charge in [0.25, 0.3) is 0 Å². The average Bonchev–Trinajstić information content (AvgIpc) is 3.04. The zero-order valence-electron chi connectivity index (χ0n) is 13.4. The molecule has 1 amide bonds. The maximum absolute atomic E-state index is 11.9. The molecular weight excluding hydrogens is 292 g/mol. The second kappa shape index (κ2) is 7.32. The van der Waals surface area contributed by atoms with E-state index < -0.39 is 0 Å². The van der Waals surface area contributed by atoms with E-state index in [-0.39, 0.29) is 12.5 Å². The topological polar surface area (TPSA) is 75.9 Å². The van der Waals surface area contributed by atoms with Crippen molar-refractivity contribution < 1.29 is 4.79 Å². The Kier molecular flexibility index (Phi) is 4.97. The Bertz CT molecular complexity index is 625. The molecule has 23 heavy (non-hydrogen) atoms. The molecule has 1 N–H and O–H groups in total. The van der Waals surface area contributed by atoms with Crippen LogP contribution in [0, 0.1) is 0 Å². The van der Waals surface area contributed by atoms with Gasteiger partial charge in [-0.25, -0.2) is 4.68 Å². The lowest BCUT2D eigenvalue weighted by molar-refractivity contribution is -0.116. The van der Waals surface area contributed by atoms with Crippen molar-refractivity contribution in [3.63, 3.8) is 0 Å². The smallest absolute Gasteiger partial charge is 0.246 e. The molecule has 0 bridgehead atoms. The third-order valence-electron chi connectivity index (χ3n) is 4.26. The van der Waals surface area contributed by atoms with Gasteiger partial charge in [0, 0.05) is 18.3 Å². The number of carbonyl (C=O) groups excluding carboxylic acids is 1. The van der Waals surface area contributed by atoms with E-state index in [1.807, 2.05) is 12.1 Å². The van der Waals surface area contributed by atoms with Gasteiger partial charge in [-0.15, -0.1) is 5.10 Å². The first-order chi connectivity index (χ1) is 11.2. The summed E-state index contributed by atoms with van der Waals surface area (Å²) in [4.78, 5) is 14.4. The quantitative estimate of drug-likeness (QED) is 0.909. The molecule has 1 aliphatic heterocycles. The van der Waals surface area contributed by atoms with Crippen LogP contribution in [-0.2, 0) is 17.9 Å². The van der Waals surface area contributed by atoms with Gasteiger partial charge in [-0.2, -0.15) is 0 Å². The van der Waals surface area contributed by atoms with E-state index in [4.69, 9.17) is 0 Å². The van der Waals surface area contributed by atoms with Gasteiger partial charge < -0.3 is 5.32 Å². The number of tetrazole rings is 1. The minimum Gasteiger partial charge on any atom is -0.324 e. The lowest BCUT2D eigenvalue weighted by atomic mass is 10.0. The van der Waals surface area contributed by atoms with Crippen LogP contribution in [0.15, 0.2) is 30.6 Å². The summed E-state index contributed by atoms with van der Waals surface area (Å²) in [7, 11) is 0. The summed E-state index contributed by atoms with van der Waals surface area (Å²) >= 11 is 0. The highest BCUT2D eigenvalue weighted by Crippen LogP contribution is 2.20. The van der Waals surface area contributed by atoms with E-state index in [1.165, 1.54) is 42.4 Å². The van der Waals surface area contributed by atoms with E-state index in [9.17, 15) is 4.79 Å². The Morgan fingerprint density at radius 1 is 1.30 bits per heavy atom. The first-order valence-electron chi connectivity index (χ1n) is 8.04. The number of nitrogens with zero attached hydrogens (tertiary/aromatic N) is 5. The molecule has 0 radical (unpaired) electrons. The number of carbonyl (C=O) groups is 1. The van der Waals surface area contributed by atoms with Crippen LogP contribution in [0.4, 0.5) is 5.69 Å². The van der Waals surface area contributed by atoms with Crippen LogP contribution in [0.25, 0.3) is 0 Å². The van der Waals surface area contributed by atoms with Crippen molar-refractivity contribution in [2.45, 2.75) is 45.3 Å². The summed E-state index contributed by atoms with van der Waals surface area (Å²) in [5.74, 6) is -0.144. The zero-order valence-corrected chi connectivity index (χ0v) is 13.4. The molecule has 2 heterocycles. The van der Waals surface area contributed by atoms with Crippen molar-refractivity contribution in [3.8, 4) is 0 Å². The predicted octanol–water partition coefficient (Wildman–Crippen LogP) is 1.69. The number of hydrogen-bond donors (Lipinski definition) is 1. The molecule has 1 aromatic heterocycles. The number of benzene rings is 1. The third-order valence-corrected chi connectivity index (χ3v) is 4.26. The fourth-order valence-electron chi connectivity index (χ4n) is 2.92. The van der Waals surface area contributed by atoms with Crippen LogP contribution in [-0.4, -0.2) is 43.6 Å². The monoisotopic (exact) mass is 314 g/mol. The lowest BCUT2D eigenvalue weighted by Gasteiger charge is -2.33. The highest BCUT2D eigenvalue weighted by molar-refractivity contribution is 5.90. The van der Waals surface area contributed by atoms with E-state index in [0.29, 0.717) is 6.04 Å². The number of aromatic nitrogens is 4. The molecule has 7 nitrogen and oxygen atoms in total. The number of anilines is 1. The van der Waals surface area contributed by atoms with Gasteiger partial charge in [0.15, 0.2) is 0 Å². The summed E-state index contributed by atoms with van der Waals surface area (Å²) in [5, 5.41) is 13.5. The summed E-state index contributed by atoms with van der Waals surface area (Å²) < 4.78 is 1.39. The molecular formula is C16H22N6O. The first kappa shape index (κ1) is 15.6. The van der Waals surface area contributed by atoms with Crippen LogP contribution < -0.4 is 5.32 Å². The highest BCUT2D eigenvalue weighted by atomic mass is 16.2. The Labute approximate surface area is 135 Å². The van der Waals surface area contributed by atoms with Crippen molar-refractivity contribution in [3.05, 3.63) is 36.2 Å². The van der Waals surface area contributed by atoms with E-state index in [1.54, 1.807) is 0 Å². The van der Waals surface area contributed by atoms with Crippen molar-refractivity contribution >= 4 is 11.6 Å². The van der Waals surface area contributed by atoms with Gasteiger partial charge in [-0.1, -0.05) is 18.6 Å². The van der Waals surface area contributed by atoms with E-state index in [2.05, 4.69) is 44.8 Å². The number of piperidine rings is 1. The molecule has 1 fully saturated rings. The SMILES string of the molecule is C[C@@H]1CCCCN1Cc1ccc(NC(=O)Cn2cnnn2)cc1. The molecule has 0 aliphatic carbocycles. The highest BCUT2D eigenvalue weighted by Gasteiger charge is 2.17. The average molecular weight is 314 g/mol. The normalized spacial score (nSPS) is 18.7. The van der Waals surface area contributed by atoms with Crippen LogP contribution >= 0.6 is 0 Å². The van der Waals surface area contributed by atoms with Gasteiger partial charge in [0.2, 0.25) is 5.91 Å². The van der Waals surface area contributed by atoms with E-state index >= 15 is 0 Å². The Morgan fingerprint density at radius 3 is 2.83 bits per heavy atom. The second-order valence-electron chi connectivity index (χ2n) is 6.07. The standard InChI is InChI=1S/C16H22N6O/c1-13-4-2-3-9-21(13)10-14-5-7-15(8-6-14)18-16(23)11-22-12-17-19-20-22/h5-8,12-13H,2-4,9-11H2,1H3,(H,18,23)/t13-/m1/s1. The van der Waals surface area contributed by atoms with Crippen molar-refractivity contribution in [2.24, 2.45) is 0 Å². The van der Waals surface area contributed by atoms with Gasteiger partial charge in [-0.05, 0) is 54.4 Å². The predicted molar refractivity (Wildman–Crippen MR) is 86.6 cm³/mol. The summed E-state index contributed by atoms with van der Waals surface area (Å²) in [5.41, 5.74) is 2.07. The van der Waals surface area contributed by atoms with Crippen molar-refractivity contribution in [2.75, 3.05) is 11.9 Å². The molecule has 1 aliphatic rings. The molecule has 0 spiro atoms. The third kappa shape index (κ3) is 4.35. The molecule has 0 saturated carbocycles. The molecule has 1 atom stereocenters. The van der Waals surface area contributed by atoms with Gasteiger partial charge in [-0.3, -0.25) is 9.69 Å². The fourth-order valence-corrected chi connectivity index (χ4v) is 2.92. The Balaban J connectivity index is 1.53. The lowest BCUT2D eigenvalue weighted by Crippen LogP contribution is -2.36. The summed E-state index contributed by atoms with van der Waals surface area (Å²) in [6, 6.07) is 8.70. The van der Waals surface area contributed by atoms with E-state index in [0.717, 1.165) is 12.2 Å². The Morgan fingerprint density at radius 2 is 2.13 bits per heavy atom. The number of likely N-dealkylation sites (tertiary alicyclic amines) is 1. The van der Waals surface area contributed by atoms with Crippen molar-refractivity contribution in [1.82, 2.24) is 25.1 Å². The van der Waals surface area contributed by atoms with Crippen LogP contribution in [0.1, 0.15) is 31.7 Å². The van der Waals surface area contributed by atoms with Crippen LogP contribution in [0.3, 0.4) is 0 Å². The molecule has 1 saturated heterocycles. The molecule has 7 heteroatoms. The van der Waals surface area contributed by atoms with Gasteiger partial charge in [0.05, 0.1) is 0 Å². The fraction of sp³-hybridized carbons (Fsp3) is 0.500. The largest absolute Gasteiger partial charge is 0.324 e. The minimum atomic E-state index is -0.144. The first-order valence-corrected chi connectivity index (χ1v) is 8.04. The maximum Gasteiger partial charge on any atom is 0.246 e. The zero-order chi connectivity index (χ0) is 16.1. The van der Waals surface area contributed by atoms with Crippen molar-refractivity contribution in [1.29, 1.82) is 0 Å². The summed E-state index contributed by atoms with van der Waals surface area (Å²) in [6.07, 6.45) is 5.33.